The van der Waals surface area contributed by atoms with Gasteiger partial charge in [0.05, 0.1) is 13.7 Å². The maximum atomic E-state index is 11.8. The molecule has 0 aliphatic rings. The molecule has 0 spiro atoms. The van der Waals surface area contributed by atoms with Gasteiger partial charge >= 0.3 is 5.97 Å². The van der Waals surface area contributed by atoms with Crippen molar-refractivity contribution in [2.45, 2.75) is 6.04 Å². The van der Waals surface area contributed by atoms with Crippen LogP contribution in [0.15, 0.2) is 11.4 Å². The van der Waals surface area contributed by atoms with Crippen LogP contribution in [-0.2, 0) is 9.53 Å². The lowest BCUT2D eigenvalue weighted by Gasteiger charge is -2.13. The lowest BCUT2D eigenvalue weighted by atomic mass is 10.3. The van der Waals surface area contributed by atoms with E-state index < -0.39 is 17.9 Å². The summed E-state index contributed by atoms with van der Waals surface area (Å²) in [5.74, 6) is -1.20. The summed E-state index contributed by atoms with van der Waals surface area (Å²) in [6.45, 7) is -0.0885. The van der Waals surface area contributed by atoms with E-state index in [-0.39, 0.29) is 6.61 Å². The van der Waals surface area contributed by atoms with Crippen molar-refractivity contribution in [2.24, 2.45) is 0 Å². The number of amides is 1. The van der Waals surface area contributed by atoms with Gasteiger partial charge in [0.1, 0.15) is 10.6 Å². The van der Waals surface area contributed by atoms with E-state index in [0.29, 0.717) is 10.6 Å². The van der Waals surface area contributed by atoms with E-state index in [9.17, 15) is 9.59 Å². The summed E-state index contributed by atoms with van der Waals surface area (Å²) in [5.41, 5.74) is 0. The van der Waals surface area contributed by atoms with Crippen molar-refractivity contribution in [3.05, 3.63) is 16.3 Å². The lowest BCUT2D eigenvalue weighted by Crippen LogP contribution is -2.43. The number of aliphatic carboxylic acids is 1. The van der Waals surface area contributed by atoms with Gasteiger partial charge in [0, 0.05) is 7.11 Å². The number of ether oxygens (including phenoxy) is 2. The van der Waals surface area contributed by atoms with E-state index >= 15 is 0 Å². The van der Waals surface area contributed by atoms with Gasteiger partial charge in [0.25, 0.3) is 5.91 Å². The van der Waals surface area contributed by atoms with Crippen LogP contribution in [0.2, 0.25) is 0 Å². The van der Waals surface area contributed by atoms with Crippen molar-refractivity contribution < 1.29 is 24.2 Å². The number of thiophene rings is 1. The standard InChI is InChI=1S/C10H13NO5S/c1-15-5-6(10(13)14)11-9(12)8-7(16-2)3-4-17-8/h3-4,6H,5H2,1-2H3,(H,11,12)(H,13,14). The van der Waals surface area contributed by atoms with Crippen LogP contribution in [0.4, 0.5) is 0 Å². The molecule has 0 fully saturated rings. The maximum absolute atomic E-state index is 11.8. The molecule has 94 valence electrons. The molecule has 6 nitrogen and oxygen atoms in total. The summed E-state index contributed by atoms with van der Waals surface area (Å²) < 4.78 is 9.70. The average Bonchev–Trinajstić information content (AvgIpc) is 2.76. The fraction of sp³-hybridized carbons (Fsp3) is 0.400. The van der Waals surface area contributed by atoms with Crippen LogP contribution in [0.3, 0.4) is 0 Å². The monoisotopic (exact) mass is 259 g/mol. The Balaban J connectivity index is 2.73. The van der Waals surface area contributed by atoms with E-state index in [4.69, 9.17) is 14.6 Å². The second kappa shape index (κ2) is 6.21. The molecule has 0 radical (unpaired) electrons. The number of carboxylic acid groups (broad SMARTS) is 1. The molecule has 0 aliphatic carbocycles. The SMILES string of the molecule is COCC(NC(=O)c1sccc1OC)C(=O)O. The van der Waals surface area contributed by atoms with Crippen molar-refractivity contribution in [1.29, 1.82) is 0 Å². The predicted octanol–water partition coefficient (Wildman–Crippen LogP) is 0.586. The van der Waals surface area contributed by atoms with E-state index in [1.165, 1.54) is 25.6 Å². The third-order valence-corrected chi connectivity index (χ3v) is 2.89. The molecule has 7 heteroatoms. The molecule has 2 N–H and O–H groups in total. The number of carboxylic acids is 1. The molecule has 0 aliphatic heterocycles. The van der Waals surface area contributed by atoms with Gasteiger partial charge in [-0.05, 0) is 11.4 Å². The van der Waals surface area contributed by atoms with Crippen molar-refractivity contribution in [1.82, 2.24) is 5.32 Å². The third kappa shape index (κ3) is 3.43. The Bertz CT molecular complexity index is 403. The largest absolute Gasteiger partial charge is 0.495 e. The Hall–Kier alpha value is -1.60. The van der Waals surface area contributed by atoms with Gasteiger partial charge in [-0.3, -0.25) is 4.79 Å². The molecule has 1 amide bonds. The fourth-order valence-corrected chi connectivity index (χ4v) is 1.95. The number of methoxy groups -OCH3 is 2. The van der Waals surface area contributed by atoms with Gasteiger partial charge in [-0.1, -0.05) is 0 Å². The molecule has 0 saturated carbocycles. The highest BCUT2D eigenvalue weighted by Gasteiger charge is 2.22. The van der Waals surface area contributed by atoms with Crippen LogP contribution in [0.1, 0.15) is 9.67 Å². The van der Waals surface area contributed by atoms with Gasteiger partial charge in [0.2, 0.25) is 0 Å². The first-order chi connectivity index (χ1) is 8.10. The molecule has 1 aromatic heterocycles. The number of nitrogens with one attached hydrogen (secondary N) is 1. The average molecular weight is 259 g/mol. The molecule has 17 heavy (non-hydrogen) atoms. The van der Waals surface area contributed by atoms with Crippen LogP contribution in [0.5, 0.6) is 5.75 Å². The Kier molecular flexibility index (Phi) is 4.92. The summed E-state index contributed by atoms with van der Waals surface area (Å²) in [6.07, 6.45) is 0. The molecule has 1 heterocycles. The molecule has 0 bridgehead atoms. The quantitative estimate of drug-likeness (QED) is 0.781. The fourth-order valence-electron chi connectivity index (χ4n) is 1.19. The Morgan fingerprint density at radius 1 is 1.53 bits per heavy atom. The van der Waals surface area contributed by atoms with Gasteiger partial charge in [0.15, 0.2) is 6.04 Å². The Labute approximate surface area is 102 Å². The predicted molar refractivity (Wildman–Crippen MR) is 61.6 cm³/mol. The van der Waals surface area contributed by atoms with Crippen molar-refractivity contribution >= 4 is 23.2 Å². The highest BCUT2D eigenvalue weighted by atomic mass is 32.1. The molecule has 1 atom stereocenters. The molecule has 0 saturated heterocycles. The molecule has 1 aromatic rings. The molecular weight excluding hydrogens is 246 g/mol. The summed E-state index contributed by atoms with van der Waals surface area (Å²) >= 11 is 1.18. The van der Waals surface area contributed by atoms with Gasteiger partial charge in [-0.25, -0.2) is 4.79 Å². The van der Waals surface area contributed by atoms with E-state index in [1.807, 2.05) is 0 Å². The van der Waals surface area contributed by atoms with Crippen LogP contribution < -0.4 is 10.1 Å². The minimum atomic E-state index is -1.14. The number of hydrogen-bond donors (Lipinski definition) is 2. The minimum Gasteiger partial charge on any atom is -0.495 e. The number of hydrogen-bond acceptors (Lipinski definition) is 5. The summed E-state index contributed by atoms with van der Waals surface area (Å²) in [7, 11) is 2.82. The molecular formula is C10H13NO5S. The first-order valence-electron chi connectivity index (χ1n) is 4.74. The zero-order chi connectivity index (χ0) is 12.8. The normalized spacial score (nSPS) is 11.9. The smallest absolute Gasteiger partial charge is 0.328 e. The summed E-state index contributed by atoms with van der Waals surface area (Å²) in [6, 6.07) is 0.574. The second-order valence-corrected chi connectivity index (χ2v) is 4.05. The second-order valence-electron chi connectivity index (χ2n) is 3.14. The van der Waals surface area contributed by atoms with Crippen molar-refractivity contribution in [3.8, 4) is 5.75 Å². The zero-order valence-electron chi connectivity index (χ0n) is 9.43. The maximum Gasteiger partial charge on any atom is 0.328 e. The Morgan fingerprint density at radius 3 is 2.76 bits per heavy atom. The molecule has 0 aromatic carbocycles. The third-order valence-electron chi connectivity index (χ3n) is 1.99. The first-order valence-corrected chi connectivity index (χ1v) is 5.62. The number of carbonyl (C=O) groups is 2. The van der Waals surface area contributed by atoms with Crippen molar-refractivity contribution in [3.63, 3.8) is 0 Å². The topological polar surface area (TPSA) is 84.9 Å². The summed E-state index contributed by atoms with van der Waals surface area (Å²) in [5, 5.41) is 12.9. The number of rotatable bonds is 6. The van der Waals surface area contributed by atoms with Crippen molar-refractivity contribution in [2.75, 3.05) is 20.8 Å². The van der Waals surface area contributed by atoms with E-state index in [1.54, 1.807) is 11.4 Å². The van der Waals surface area contributed by atoms with Gasteiger partial charge in [-0.2, -0.15) is 0 Å². The first kappa shape index (κ1) is 13.5. The number of carbonyl (C=O) groups excluding carboxylic acids is 1. The summed E-state index contributed by atoms with van der Waals surface area (Å²) in [4.78, 5) is 22.9. The highest BCUT2D eigenvalue weighted by Crippen LogP contribution is 2.24. The zero-order valence-corrected chi connectivity index (χ0v) is 10.2. The van der Waals surface area contributed by atoms with Gasteiger partial charge < -0.3 is 19.9 Å². The van der Waals surface area contributed by atoms with Crippen LogP contribution >= 0.6 is 11.3 Å². The van der Waals surface area contributed by atoms with Crippen LogP contribution in [-0.4, -0.2) is 43.9 Å². The lowest BCUT2D eigenvalue weighted by molar-refractivity contribution is -0.140. The highest BCUT2D eigenvalue weighted by molar-refractivity contribution is 7.12. The van der Waals surface area contributed by atoms with Crippen LogP contribution in [0.25, 0.3) is 0 Å². The Morgan fingerprint density at radius 2 is 2.24 bits per heavy atom. The molecule has 1 unspecified atom stereocenters. The molecule has 1 rings (SSSR count). The van der Waals surface area contributed by atoms with E-state index in [2.05, 4.69) is 5.32 Å². The van der Waals surface area contributed by atoms with Crippen LogP contribution in [0, 0.1) is 0 Å². The minimum absolute atomic E-state index is 0.0885. The van der Waals surface area contributed by atoms with E-state index in [0.717, 1.165) is 0 Å². The van der Waals surface area contributed by atoms with Gasteiger partial charge in [-0.15, -0.1) is 11.3 Å².